The van der Waals surface area contributed by atoms with Crippen LogP contribution in [0.3, 0.4) is 0 Å². The van der Waals surface area contributed by atoms with E-state index in [2.05, 4.69) is 5.32 Å². The van der Waals surface area contributed by atoms with Crippen molar-refractivity contribution in [2.75, 3.05) is 19.6 Å². The lowest BCUT2D eigenvalue weighted by molar-refractivity contribution is -0.158. The molecule has 0 bridgehead atoms. The number of hydrogen-bond acceptors (Lipinski definition) is 5. The highest BCUT2D eigenvalue weighted by Gasteiger charge is 2.31. The van der Waals surface area contributed by atoms with E-state index in [1.54, 1.807) is 0 Å². The summed E-state index contributed by atoms with van der Waals surface area (Å²) in [6.07, 6.45) is -0.413. The number of nitrogens with one attached hydrogen (secondary N) is 1. The minimum Gasteiger partial charge on any atom is -0.459 e. The predicted molar refractivity (Wildman–Crippen MR) is 85.8 cm³/mol. The van der Waals surface area contributed by atoms with E-state index in [1.807, 2.05) is 51.1 Å². The average Bonchev–Trinajstić information content (AvgIpc) is 2.52. The molecule has 6 nitrogen and oxygen atoms in total. The van der Waals surface area contributed by atoms with Gasteiger partial charge in [0.2, 0.25) is 0 Å². The highest BCUT2D eigenvalue weighted by atomic mass is 16.6. The van der Waals surface area contributed by atoms with Crippen LogP contribution in [0, 0.1) is 0 Å². The van der Waals surface area contributed by atoms with Crippen LogP contribution in [0.25, 0.3) is 0 Å². The van der Waals surface area contributed by atoms with Gasteiger partial charge in [-0.05, 0) is 26.3 Å². The van der Waals surface area contributed by atoms with E-state index in [9.17, 15) is 9.59 Å². The summed E-state index contributed by atoms with van der Waals surface area (Å²) in [5.74, 6) is -0.349. The molecule has 0 saturated carbocycles. The fraction of sp³-hybridized carbons (Fsp3) is 0.529. The maximum Gasteiger partial charge on any atom is 0.410 e. The van der Waals surface area contributed by atoms with Crippen molar-refractivity contribution < 1.29 is 19.1 Å². The lowest BCUT2D eigenvalue weighted by atomic mass is 10.1. The van der Waals surface area contributed by atoms with Crippen molar-refractivity contribution in [2.24, 2.45) is 0 Å². The van der Waals surface area contributed by atoms with Crippen molar-refractivity contribution in [1.82, 2.24) is 10.2 Å². The van der Waals surface area contributed by atoms with Gasteiger partial charge in [-0.1, -0.05) is 30.3 Å². The molecule has 0 spiro atoms. The first-order valence-corrected chi connectivity index (χ1v) is 7.77. The molecule has 1 aliphatic heterocycles. The number of carbonyl (C=O) groups excluding carboxylic acids is 2. The fourth-order valence-electron chi connectivity index (χ4n) is 2.26. The van der Waals surface area contributed by atoms with Gasteiger partial charge in [-0.25, -0.2) is 4.79 Å². The van der Waals surface area contributed by atoms with Gasteiger partial charge in [0.05, 0.1) is 6.54 Å². The molecular weight excluding hydrogens is 296 g/mol. The van der Waals surface area contributed by atoms with Crippen LogP contribution in [0.2, 0.25) is 0 Å². The molecule has 1 aromatic rings. The zero-order valence-corrected chi connectivity index (χ0v) is 13.9. The van der Waals surface area contributed by atoms with Crippen molar-refractivity contribution >= 4 is 12.1 Å². The van der Waals surface area contributed by atoms with E-state index in [1.165, 1.54) is 4.90 Å². The molecule has 1 fully saturated rings. The summed E-state index contributed by atoms with van der Waals surface area (Å²) in [4.78, 5) is 25.8. The molecule has 0 radical (unpaired) electrons. The van der Waals surface area contributed by atoms with E-state index in [0.29, 0.717) is 13.1 Å². The molecule has 2 rings (SSSR count). The van der Waals surface area contributed by atoms with Gasteiger partial charge >= 0.3 is 12.1 Å². The first-order chi connectivity index (χ1) is 10.8. The van der Waals surface area contributed by atoms with E-state index in [4.69, 9.17) is 9.47 Å². The number of piperazine rings is 1. The second kappa shape index (κ2) is 7.46. The monoisotopic (exact) mass is 320 g/mol. The Balaban J connectivity index is 1.85. The zero-order chi connectivity index (χ0) is 16.9. The van der Waals surface area contributed by atoms with E-state index >= 15 is 0 Å². The Morgan fingerprint density at radius 2 is 1.96 bits per heavy atom. The number of hydrogen-bond donors (Lipinski definition) is 1. The average molecular weight is 320 g/mol. The summed E-state index contributed by atoms with van der Waals surface area (Å²) in [5.41, 5.74) is 0.383. The van der Waals surface area contributed by atoms with Crippen LogP contribution in [0.4, 0.5) is 4.79 Å². The first-order valence-electron chi connectivity index (χ1n) is 7.77. The van der Waals surface area contributed by atoms with Crippen LogP contribution in [0.1, 0.15) is 26.3 Å². The molecule has 1 N–H and O–H groups in total. The van der Waals surface area contributed by atoms with Crippen LogP contribution in [-0.4, -0.2) is 48.2 Å². The fourth-order valence-corrected chi connectivity index (χ4v) is 2.26. The van der Waals surface area contributed by atoms with Gasteiger partial charge in [-0.15, -0.1) is 0 Å². The highest BCUT2D eigenvalue weighted by Crippen LogP contribution is 2.11. The third-order valence-electron chi connectivity index (χ3n) is 3.33. The van der Waals surface area contributed by atoms with Crippen molar-refractivity contribution in [3.63, 3.8) is 0 Å². The SMILES string of the molecule is CC(C)(C)OC(=O)C1CN(C(=O)OCc2ccccc2)CCN1. The molecule has 1 heterocycles. The highest BCUT2D eigenvalue weighted by molar-refractivity contribution is 5.78. The lowest BCUT2D eigenvalue weighted by Gasteiger charge is -2.33. The Kier molecular flexibility index (Phi) is 5.60. The van der Waals surface area contributed by atoms with Gasteiger partial charge in [-0.3, -0.25) is 4.79 Å². The summed E-state index contributed by atoms with van der Waals surface area (Å²) in [7, 11) is 0. The predicted octanol–water partition coefficient (Wildman–Crippen LogP) is 1.94. The largest absolute Gasteiger partial charge is 0.459 e. The number of rotatable bonds is 3. The second-order valence-electron chi connectivity index (χ2n) is 6.53. The smallest absolute Gasteiger partial charge is 0.410 e. The maximum atomic E-state index is 12.1. The Bertz CT molecular complexity index is 539. The molecule has 23 heavy (non-hydrogen) atoms. The normalized spacial score (nSPS) is 18.4. The third-order valence-corrected chi connectivity index (χ3v) is 3.33. The molecule has 0 aromatic heterocycles. The van der Waals surface area contributed by atoms with Crippen LogP contribution in [0.15, 0.2) is 30.3 Å². The molecular formula is C17H24N2O4. The summed E-state index contributed by atoms with van der Waals surface area (Å²) < 4.78 is 10.7. The van der Waals surface area contributed by atoms with Gasteiger partial charge in [0.1, 0.15) is 18.2 Å². The molecule has 1 amide bonds. The van der Waals surface area contributed by atoms with Gasteiger partial charge in [0.25, 0.3) is 0 Å². The quantitative estimate of drug-likeness (QED) is 0.862. The minimum atomic E-state index is -0.547. The number of carbonyl (C=O) groups is 2. The lowest BCUT2D eigenvalue weighted by Crippen LogP contribution is -2.56. The molecule has 6 heteroatoms. The Morgan fingerprint density at radius 3 is 2.61 bits per heavy atom. The Labute approximate surface area is 136 Å². The standard InChI is InChI=1S/C17H24N2O4/c1-17(2,3)23-15(20)14-11-19(10-9-18-14)16(21)22-12-13-7-5-4-6-8-13/h4-8,14,18H,9-12H2,1-3H3. The summed E-state index contributed by atoms with van der Waals surface area (Å²) in [5, 5.41) is 3.08. The van der Waals surface area contributed by atoms with Crippen molar-refractivity contribution in [3.05, 3.63) is 35.9 Å². The number of nitrogens with zero attached hydrogens (tertiary/aromatic N) is 1. The number of ether oxygens (including phenoxy) is 2. The van der Waals surface area contributed by atoms with Gasteiger partial charge in [-0.2, -0.15) is 0 Å². The van der Waals surface area contributed by atoms with Crippen molar-refractivity contribution in [3.8, 4) is 0 Å². The number of benzene rings is 1. The Morgan fingerprint density at radius 1 is 1.26 bits per heavy atom. The summed E-state index contributed by atoms with van der Waals surface area (Å²) >= 11 is 0. The summed E-state index contributed by atoms with van der Waals surface area (Å²) in [6, 6.07) is 8.97. The molecule has 1 aromatic carbocycles. The first kappa shape index (κ1) is 17.3. The van der Waals surface area contributed by atoms with Crippen LogP contribution in [-0.2, 0) is 20.9 Å². The Hall–Kier alpha value is -2.08. The summed E-state index contributed by atoms with van der Waals surface area (Å²) in [6.45, 7) is 6.97. The molecule has 126 valence electrons. The molecule has 1 saturated heterocycles. The third kappa shape index (κ3) is 5.56. The molecule has 1 unspecified atom stereocenters. The number of esters is 1. The topological polar surface area (TPSA) is 67.9 Å². The molecule has 0 aliphatic carbocycles. The van der Waals surface area contributed by atoms with Crippen molar-refractivity contribution in [2.45, 2.75) is 39.0 Å². The zero-order valence-electron chi connectivity index (χ0n) is 13.9. The van der Waals surface area contributed by atoms with Crippen LogP contribution < -0.4 is 5.32 Å². The van der Waals surface area contributed by atoms with E-state index < -0.39 is 17.7 Å². The van der Waals surface area contributed by atoms with E-state index in [0.717, 1.165) is 5.56 Å². The number of amides is 1. The van der Waals surface area contributed by atoms with Crippen LogP contribution >= 0.6 is 0 Å². The molecule has 1 atom stereocenters. The van der Waals surface area contributed by atoms with Gasteiger partial charge in [0.15, 0.2) is 0 Å². The van der Waals surface area contributed by atoms with Gasteiger partial charge in [0, 0.05) is 13.1 Å². The minimum absolute atomic E-state index is 0.223. The molecule has 1 aliphatic rings. The van der Waals surface area contributed by atoms with E-state index in [-0.39, 0.29) is 19.1 Å². The maximum absolute atomic E-state index is 12.1. The van der Waals surface area contributed by atoms with Crippen LogP contribution in [0.5, 0.6) is 0 Å². The van der Waals surface area contributed by atoms with Crippen molar-refractivity contribution in [1.29, 1.82) is 0 Å². The second-order valence-corrected chi connectivity index (χ2v) is 6.53. The van der Waals surface area contributed by atoms with Gasteiger partial charge < -0.3 is 19.7 Å².